The third kappa shape index (κ3) is 5.82. The van der Waals surface area contributed by atoms with Gasteiger partial charge in [0.15, 0.2) is 0 Å². The van der Waals surface area contributed by atoms with Gasteiger partial charge in [0.1, 0.15) is 6.04 Å². The third-order valence-corrected chi connectivity index (χ3v) is 8.84. The summed E-state index contributed by atoms with van der Waals surface area (Å²) in [6.45, 7) is 2.00. The van der Waals surface area contributed by atoms with Crippen LogP contribution in [0.3, 0.4) is 0 Å². The summed E-state index contributed by atoms with van der Waals surface area (Å²) in [5.41, 5.74) is 2.75. The maximum absolute atomic E-state index is 13.2. The van der Waals surface area contributed by atoms with Crippen LogP contribution in [0.25, 0.3) is 10.1 Å². The topological polar surface area (TPSA) is 76.5 Å². The summed E-state index contributed by atoms with van der Waals surface area (Å²) in [4.78, 5) is 32.3. The molecule has 1 fully saturated rings. The van der Waals surface area contributed by atoms with Gasteiger partial charge in [-0.15, -0.1) is 11.3 Å². The Morgan fingerprint density at radius 2 is 1.92 bits per heavy atom. The number of hydrogen-bond donors (Lipinski definition) is 1. The van der Waals surface area contributed by atoms with E-state index in [2.05, 4.69) is 21.3 Å². The molecule has 3 heterocycles. The summed E-state index contributed by atoms with van der Waals surface area (Å²) >= 11 is 14.7. The first-order valence-electron chi connectivity index (χ1n) is 12.5. The number of hydrogen-bond acceptors (Lipinski definition) is 6. The van der Waals surface area contributed by atoms with E-state index in [1.165, 1.54) is 7.11 Å². The fourth-order valence-electron chi connectivity index (χ4n) is 4.87. The van der Waals surface area contributed by atoms with Crippen molar-refractivity contribution < 1.29 is 14.3 Å². The lowest BCUT2D eigenvalue weighted by Gasteiger charge is -2.34. The number of thiophene rings is 1. The summed E-state index contributed by atoms with van der Waals surface area (Å²) in [6.07, 6.45) is 5.17. The molecule has 0 saturated carbocycles. The van der Waals surface area contributed by atoms with Crippen molar-refractivity contribution in [2.45, 2.75) is 31.8 Å². The van der Waals surface area contributed by atoms with Crippen LogP contribution >= 0.6 is 34.5 Å². The fourth-order valence-corrected chi connectivity index (χ4v) is 6.36. The van der Waals surface area contributed by atoms with Crippen molar-refractivity contribution in [3.63, 3.8) is 0 Å². The molecular weight excluding hydrogens is 543 g/mol. The molecule has 10 heteroatoms. The largest absolute Gasteiger partial charge is 0.467 e. The molecular formula is C28H28Cl2N4O3S. The molecule has 198 valence electrons. The number of carbonyl (C=O) groups excluding carboxylic acids is 2. The molecule has 2 aromatic carbocycles. The molecule has 1 saturated heterocycles. The zero-order valence-electron chi connectivity index (χ0n) is 20.9. The molecule has 1 amide bonds. The standard InChI is InChI=1S/C28H28Cl2N4O3S/c1-37-28(36)22(14-21-16-33(17-31-21)15-18-5-3-2-4-6-18)32-27(35)19-7-10-34(11-8-19)23-13-20-9-12-38-26(20)25(30)24(23)29/h2-6,9,12-13,16-17,19,22H,7-8,10-11,14-15H2,1H3,(H,32,35). The highest BCUT2D eigenvalue weighted by atomic mass is 35.5. The summed E-state index contributed by atoms with van der Waals surface area (Å²) in [5.74, 6) is -0.853. The van der Waals surface area contributed by atoms with Gasteiger partial charge < -0.3 is 19.5 Å². The Hall–Kier alpha value is -3.07. The third-order valence-electron chi connectivity index (χ3n) is 6.92. The minimum atomic E-state index is -0.806. The Morgan fingerprint density at radius 1 is 1.16 bits per heavy atom. The van der Waals surface area contributed by atoms with E-state index < -0.39 is 12.0 Å². The van der Waals surface area contributed by atoms with E-state index in [9.17, 15) is 9.59 Å². The van der Waals surface area contributed by atoms with Gasteiger partial charge in [-0.1, -0.05) is 53.5 Å². The number of esters is 1. The van der Waals surface area contributed by atoms with Gasteiger partial charge in [-0.25, -0.2) is 9.78 Å². The van der Waals surface area contributed by atoms with Gasteiger partial charge in [-0.05, 0) is 41.3 Å². The van der Waals surface area contributed by atoms with Crippen molar-refractivity contribution in [1.82, 2.24) is 14.9 Å². The van der Waals surface area contributed by atoms with Crippen LogP contribution in [0.4, 0.5) is 5.69 Å². The van der Waals surface area contributed by atoms with Gasteiger partial charge in [0, 0.05) is 38.2 Å². The number of ether oxygens (including phenoxy) is 1. The van der Waals surface area contributed by atoms with Gasteiger partial charge in [0.2, 0.25) is 5.91 Å². The number of piperidine rings is 1. The van der Waals surface area contributed by atoms with Crippen LogP contribution in [0.15, 0.2) is 60.4 Å². The van der Waals surface area contributed by atoms with Gasteiger partial charge >= 0.3 is 5.97 Å². The lowest BCUT2D eigenvalue weighted by molar-refractivity contribution is -0.145. The summed E-state index contributed by atoms with van der Waals surface area (Å²) in [5, 5.41) is 7.09. The molecule has 0 aliphatic carbocycles. The highest BCUT2D eigenvalue weighted by Crippen LogP contribution is 2.42. The number of carbonyl (C=O) groups is 2. The number of amides is 1. The molecule has 2 aromatic heterocycles. The van der Waals surface area contributed by atoms with E-state index in [4.69, 9.17) is 27.9 Å². The maximum Gasteiger partial charge on any atom is 0.328 e. The molecule has 4 aromatic rings. The Bertz CT molecular complexity index is 1430. The average Bonchev–Trinajstić information content (AvgIpc) is 3.60. The zero-order valence-corrected chi connectivity index (χ0v) is 23.2. The lowest BCUT2D eigenvalue weighted by Crippen LogP contribution is -2.48. The van der Waals surface area contributed by atoms with Gasteiger partial charge in [0.05, 0.1) is 39.6 Å². The number of nitrogens with one attached hydrogen (secondary N) is 1. The molecule has 1 aliphatic rings. The molecule has 1 unspecified atom stereocenters. The van der Waals surface area contributed by atoms with Crippen molar-refractivity contribution in [1.29, 1.82) is 0 Å². The van der Waals surface area contributed by atoms with Gasteiger partial charge in [-0.3, -0.25) is 4.79 Å². The Labute approximate surface area is 235 Å². The van der Waals surface area contributed by atoms with E-state index in [1.54, 1.807) is 17.7 Å². The van der Waals surface area contributed by atoms with Crippen LogP contribution in [-0.2, 0) is 27.3 Å². The smallest absolute Gasteiger partial charge is 0.328 e. The number of nitrogens with zero attached hydrogens (tertiary/aromatic N) is 3. The van der Waals surface area contributed by atoms with E-state index >= 15 is 0 Å². The normalized spacial score (nSPS) is 15.0. The van der Waals surface area contributed by atoms with E-state index in [1.807, 2.05) is 52.5 Å². The van der Waals surface area contributed by atoms with Crippen LogP contribution in [0.5, 0.6) is 0 Å². The molecule has 1 N–H and O–H groups in total. The predicted molar refractivity (Wildman–Crippen MR) is 152 cm³/mol. The van der Waals surface area contributed by atoms with Crippen molar-refractivity contribution in [3.05, 3.63) is 81.7 Å². The number of rotatable bonds is 8. The van der Waals surface area contributed by atoms with E-state index in [0.717, 1.165) is 21.3 Å². The van der Waals surface area contributed by atoms with Crippen molar-refractivity contribution >= 4 is 62.2 Å². The SMILES string of the molecule is COC(=O)C(Cc1cn(Cc2ccccc2)cn1)NC(=O)C1CCN(c2cc3ccsc3c(Cl)c2Cl)CC1. The summed E-state index contributed by atoms with van der Waals surface area (Å²) < 4.78 is 7.92. The second-order valence-electron chi connectivity index (χ2n) is 9.44. The number of benzene rings is 2. The Balaban J connectivity index is 1.20. The van der Waals surface area contributed by atoms with Gasteiger partial charge in [-0.2, -0.15) is 0 Å². The number of imidazole rings is 1. The summed E-state index contributed by atoms with van der Waals surface area (Å²) in [6, 6.07) is 13.3. The van der Waals surface area contributed by atoms with Gasteiger partial charge in [0.25, 0.3) is 0 Å². The second kappa shape index (κ2) is 11.8. The number of fused-ring (bicyclic) bond motifs is 1. The number of methoxy groups -OCH3 is 1. The monoisotopic (exact) mass is 570 g/mol. The quantitative estimate of drug-likeness (QED) is 0.280. The fraction of sp³-hybridized carbons (Fsp3) is 0.321. The first kappa shape index (κ1) is 26.5. The summed E-state index contributed by atoms with van der Waals surface area (Å²) in [7, 11) is 1.33. The molecule has 5 rings (SSSR count). The predicted octanol–water partition coefficient (Wildman–Crippen LogP) is 5.57. The van der Waals surface area contributed by atoms with Crippen molar-refractivity contribution in [3.8, 4) is 0 Å². The van der Waals surface area contributed by atoms with Crippen LogP contribution < -0.4 is 10.2 Å². The molecule has 0 spiro atoms. The Morgan fingerprint density at radius 3 is 2.66 bits per heavy atom. The number of halogens is 2. The molecule has 7 nitrogen and oxygen atoms in total. The lowest BCUT2D eigenvalue weighted by atomic mass is 9.94. The molecule has 1 atom stereocenters. The number of aromatic nitrogens is 2. The maximum atomic E-state index is 13.2. The molecule has 38 heavy (non-hydrogen) atoms. The zero-order chi connectivity index (χ0) is 26.6. The van der Waals surface area contributed by atoms with Crippen molar-refractivity contribution in [2.75, 3.05) is 25.1 Å². The highest BCUT2D eigenvalue weighted by Gasteiger charge is 2.30. The van der Waals surface area contributed by atoms with E-state index in [0.29, 0.717) is 48.2 Å². The first-order valence-corrected chi connectivity index (χ1v) is 14.1. The van der Waals surface area contributed by atoms with Crippen LogP contribution in [0.2, 0.25) is 10.0 Å². The molecule has 0 radical (unpaired) electrons. The Kier molecular flexibility index (Phi) is 8.21. The minimum absolute atomic E-state index is 0.152. The molecule has 0 bridgehead atoms. The van der Waals surface area contributed by atoms with E-state index in [-0.39, 0.29) is 18.2 Å². The molecule has 1 aliphatic heterocycles. The van der Waals surface area contributed by atoms with Crippen LogP contribution in [-0.4, -0.2) is 47.7 Å². The van der Waals surface area contributed by atoms with Crippen molar-refractivity contribution in [2.24, 2.45) is 5.92 Å². The number of anilines is 1. The van der Waals surface area contributed by atoms with Crippen LogP contribution in [0, 0.1) is 5.92 Å². The average molecular weight is 572 g/mol. The second-order valence-corrected chi connectivity index (χ2v) is 11.1. The minimum Gasteiger partial charge on any atom is -0.467 e. The highest BCUT2D eigenvalue weighted by molar-refractivity contribution is 7.18. The first-order chi connectivity index (χ1) is 18.4. The van der Waals surface area contributed by atoms with Crippen LogP contribution in [0.1, 0.15) is 24.1 Å².